The van der Waals surface area contributed by atoms with Crippen LogP contribution in [0.2, 0.25) is 0 Å². The van der Waals surface area contributed by atoms with Crippen LogP contribution in [0.3, 0.4) is 0 Å². The van der Waals surface area contributed by atoms with Crippen LogP contribution in [0.1, 0.15) is 18.4 Å². The zero-order valence-corrected chi connectivity index (χ0v) is 11.6. The van der Waals surface area contributed by atoms with Crippen molar-refractivity contribution < 1.29 is 4.79 Å². The SMILES string of the molecule is O=C(Cc1ccsc1)N1CCCC(CBr)C1. The van der Waals surface area contributed by atoms with Crippen LogP contribution in [0.15, 0.2) is 16.8 Å². The number of nitrogens with zero attached hydrogens (tertiary/aromatic N) is 1. The fourth-order valence-electron chi connectivity index (χ4n) is 2.10. The van der Waals surface area contributed by atoms with Crippen molar-refractivity contribution in [2.75, 3.05) is 18.4 Å². The number of hydrogen-bond acceptors (Lipinski definition) is 2. The monoisotopic (exact) mass is 301 g/mol. The van der Waals surface area contributed by atoms with Crippen molar-refractivity contribution in [2.24, 2.45) is 5.92 Å². The molecule has 0 spiro atoms. The van der Waals surface area contributed by atoms with E-state index in [9.17, 15) is 4.79 Å². The predicted molar refractivity (Wildman–Crippen MR) is 71.1 cm³/mol. The van der Waals surface area contributed by atoms with Crippen LogP contribution in [0, 0.1) is 5.92 Å². The molecule has 1 aliphatic heterocycles. The van der Waals surface area contributed by atoms with E-state index in [1.54, 1.807) is 11.3 Å². The Morgan fingerprint density at radius 2 is 2.50 bits per heavy atom. The number of carbonyl (C=O) groups is 1. The fraction of sp³-hybridized carbons (Fsp3) is 0.583. The van der Waals surface area contributed by atoms with E-state index in [1.165, 1.54) is 6.42 Å². The van der Waals surface area contributed by atoms with Gasteiger partial charge in [-0.2, -0.15) is 11.3 Å². The summed E-state index contributed by atoms with van der Waals surface area (Å²) in [5, 5.41) is 5.10. The molecule has 0 aliphatic carbocycles. The number of thiophene rings is 1. The van der Waals surface area contributed by atoms with Gasteiger partial charge in [-0.3, -0.25) is 4.79 Å². The summed E-state index contributed by atoms with van der Waals surface area (Å²) in [4.78, 5) is 14.1. The lowest BCUT2D eigenvalue weighted by Crippen LogP contribution is -2.41. The van der Waals surface area contributed by atoms with Gasteiger partial charge >= 0.3 is 0 Å². The van der Waals surface area contributed by atoms with Crippen LogP contribution in [0.4, 0.5) is 0 Å². The molecule has 1 aromatic heterocycles. The third-order valence-electron chi connectivity index (χ3n) is 3.03. The van der Waals surface area contributed by atoms with Crippen molar-refractivity contribution in [1.82, 2.24) is 4.90 Å². The molecular formula is C12H16BrNOS. The highest BCUT2D eigenvalue weighted by Crippen LogP contribution is 2.19. The number of alkyl halides is 1. The Labute approximate surface area is 109 Å². The number of piperidine rings is 1. The maximum Gasteiger partial charge on any atom is 0.227 e. The minimum absolute atomic E-state index is 0.282. The van der Waals surface area contributed by atoms with E-state index in [-0.39, 0.29) is 5.91 Å². The first-order valence-corrected chi connectivity index (χ1v) is 7.71. The molecule has 1 unspecified atom stereocenters. The molecule has 1 aliphatic rings. The van der Waals surface area contributed by atoms with Gasteiger partial charge in [0.25, 0.3) is 0 Å². The second kappa shape index (κ2) is 5.82. The van der Waals surface area contributed by atoms with Crippen LogP contribution >= 0.6 is 27.3 Å². The van der Waals surface area contributed by atoms with Crippen molar-refractivity contribution in [3.05, 3.63) is 22.4 Å². The first-order valence-electron chi connectivity index (χ1n) is 5.64. The zero-order valence-electron chi connectivity index (χ0n) is 9.19. The molecule has 0 bridgehead atoms. The van der Waals surface area contributed by atoms with E-state index in [4.69, 9.17) is 0 Å². The molecule has 2 nitrogen and oxygen atoms in total. The summed E-state index contributed by atoms with van der Waals surface area (Å²) < 4.78 is 0. The Hall–Kier alpha value is -0.350. The van der Waals surface area contributed by atoms with E-state index in [1.807, 2.05) is 16.3 Å². The fourth-order valence-corrected chi connectivity index (χ4v) is 3.29. The average Bonchev–Trinajstić information content (AvgIpc) is 2.82. The highest BCUT2D eigenvalue weighted by atomic mass is 79.9. The lowest BCUT2D eigenvalue weighted by Gasteiger charge is -2.32. The molecule has 88 valence electrons. The standard InChI is InChI=1S/C12H16BrNOS/c13-7-11-2-1-4-14(8-11)12(15)6-10-3-5-16-9-10/h3,5,9,11H,1-2,4,6-8H2. The van der Waals surface area contributed by atoms with Crippen LogP contribution in [0.25, 0.3) is 0 Å². The van der Waals surface area contributed by atoms with Gasteiger partial charge in [0.2, 0.25) is 5.91 Å². The molecular weight excluding hydrogens is 286 g/mol. The molecule has 1 atom stereocenters. The zero-order chi connectivity index (χ0) is 11.4. The molecule has 2 rings (SSSR count). The van der Waals surface area contributed by atoms with E-state index in [0.717, 1.165) is 30.4 Å². The maximum absolute atomic E-state index is 12.0. The lowest BCUT2D eigenvalue weighted by molar-refractivity contribution is -0.132. The number of hydrogen-bond donors (Lipinski definition) is 0. The molecule has 0 saturated carbocycles. The number of rotatable bonds is 3. The Balaban J connectivity index is 1.89. The molecule has 1 fully saturated rings. The van der Waals surface area contributed by atoms with E-state index < -0.39 is 0 Å². The Kier molecular flexibility index (Phi) is 4.41. The minimum atomic E-state index is 0.282. The molecule has 16 heavy (non-hydrogen) atoms. The van der Waals surface area contributed by atoms with Gasteiger partial charge in [-0.05, 0) is 41.1 Å². The van der Waals surface area contributed by atoms with Crippen LogP contribution in [-0.2, 0) is 11.2 Å². The molecule has 4 heteroatoms. The number of likely N-dealkylation sites (tertiary alicyclic amines) is 1. The van der Waals surface area contributed by atoms with Crippen molar-refractivity contribution in [2.45, 2.75) is 19.3 Å². The summed E-state index contributed by atoms with van der Waals surface area (Å²) in [5.41, 5.74) is 1.15. The number of carbonyl (C=O) groups excluding carboxylic acids is 1. The van der Waals surface area contributed by atoms with Crippen molar-refractivity contribution in [3.63, 3.8) is 0 Å². The molecule has 0 aromatic carbocycles. The predicted octanol–water partition coefficient (Wildman–Crippen LogP) is 2.92. The third-order valence-corrected chi connectivity index (χ3v) is 4.67. The maximum atomic E-state index is 12.0. The van der Waals surface area contributed by atoms with Gasteiger partial charge in [-0.15, -0.1) is 0 Å². The molecule has 1 aromatic rings. The highest BCUT2D eigenvalue weighted by molar-refractivity contribution is 9.09. The van der Waals surface area contributed by atoms with Gasteiger partial charge < -0.3 is 4.90 Å². The van der Waals surface area contributed by atoms with Crippen molar-refractivity contribution in [3.8, 4) is 0 Å². The van der Waals surface area contributed by atoms with Crippen molar-refractivity contribution in [1.29, 1.82) is 0 Å². The summed E-state index contributed by atoms with van der Waals surface area (Å²) in [6, 6.07) is 2.04. The van der Waals surface area contributed by atoms with Gasteiger partial charge in [0.05, 0.1) is 6.42 Å². The van der Waals surface area contributed by atoms with Crippen LogP contribution in [0.5, 0.6) is 0 Å². The van der Waals surface area contributed by atoms with Crippen molar-refractivity contribution >= 4 is 33.2 Å². The molecule has 1 amide bonds. The van der Waals surface area contributed by atoms with Gasteiger partial charge in [-0.25, -0.2) is 0 Å². The van der Waals surface area contributed by atoms with Crippen LogP contribution in [-0.4, -0.2) is 29.2 Å². The average molecular weight is 302 g/mol. The van der Waals surface area contributed by atoms with Crippen LogP contribution < -0.4 is 0 Å². The van der Waals surface area contributed by atoms with Gasteiger partial charge in [0.15, 0.2) is 0 Å². The first kappa shape index (κ1) is 12.1. The van der Waals surface area contributed by atoms with E-state index in [0.29, 0.717) is 12.3 Å². The summed E-state index contributed by atoms with van der Waals surface area (Å²) in [5.74, 6) is 0.921. The van der Waals surface area contributed by atoms with E-state index >= 15 is 0 Å². The first-order chi connectivity index (χ1) is 7.79. The minimum Gasteiger partial charge on any atom is -0.342 e. The quantitative estimate of drug-likeness (QED) is 0.786. The molecule has 2 heterocycles. The summed E-state index contributed by atoms with van der Waals surface area (Å²) in [7, 11) is 0. The Bertz CT molecular complexity index is 339. The largest absolute Gasteiger partial charge is 0.342 e. The Morgan fingerprint density at radius 3 is 3.19 bits per heavy atom. The summed E-state index contributed by atoms with van der Waals surface area (Å²) in [6.07, 6.45) is 2.96. The molecule has 0 radical (unpaired) electrons. The molecule has 1 saturated heterocycles. The number of amides is 1. The van der Waals surface area contributed by atoms with Gasteiger partial charge in [-0.1, -0.05) is 15.9 Å². The normalized spacial score (nSPS) is 21.1. The lowest BCUT2D eigenvalue weighted by atomic mass is 10.00. The number of halogens is 1. The topological polar surface area (TPSA) is 20.3 Å². The third kappa shape index (κ3) is 3.08. The summed E-state index contributed by atoms with van der Waals surface area (Å²) in [6.45, 7) is 1.86. The van der Waals surface area contributed by atoms with Gasteiger partial charge in [0.1, 0.15) is 0 Å². The van der Waals surface area contributed by atoms with Gasteiger partial charge in [0, 0.05) is 18.4 Å². The second-order valence-electron chi connectivity index (χ2n) is 4.31. The highest BCUT2D eigenvalue weighted by Gasteiger charge is 2.22. The molecule has 0 N–H and O–H groups in total. The smallest absolute Gasteiger partial charge is 0.227 e. The Morgan fingerprint density at radius 1 is 1.62 bits per heavy atom. The second-order valence-corrected chi connectivity index (χ2v) is 5.74. The summed E-state index contributed by atoms with van der Waals surface area (Å²) >= 11 is 5.17. The van der Waals surface area contributed by atoms with E-state index in [2.05, 4.69) is 21.3 Å².